The van der Waals surface area contributed by atoms with Crippen molar-refractivity contribution in [3.8, 4) is 28.4 Å². The maximum atomic E-state index is 13.4. The average molecular weight is 408 g/mol. The Balaban J connectivity index is 1.66. The van der Waals surface area contributed by atoms with Crippen molar-refractivity contribution < 1.29 is 23.7 Å². The summed E-state index contributed by atoms with van der Waals surface area (Å²) in [7, 11) is 3.24. The van der Waals surface area contributed by atoms with E-state index in [1.54, 1.807) is 26.4 Å². The van der Waals surface area contributed by atoms with Gasteiger partial charge in [0.05, 0.1) is 26.9 Å². The van der Waals surface area contributed by atoms with Gasteiger partial charge in [0.2, 0.25) is 0 Å². The van der Waals surface area contributed by atoms with Crippen LogP contribution in [0.1, 0.15) is 22.8 Å². The molecule has 0 aliphatic carbocycles. The largest absolute Gasteiger partial charge is 0.497 e. The molecule has 2 atom stereocenters. The molecular formula is C25H25FO4. The molecule has 0 aromatic heterocycles. The summed E-state index contributed by atoms with van der Waals surface area (Å²) in [6.07, 6.45) is -0.0568. The van der Waals surface area contributed by atoms with Gasteiger partial charge in [-0.2, -0.15) is 0 Å². The molecule has 0 fully saturated rings. The van der Waals surface area contributed by atoms with Crippen LogP contribution >= 0.6 is 0 Å². The smallest absolute Gasteiger partial charge is 0.132 e. The fourth-order valence-electron chi connectivity index (χ4n) is 4.02. The Bertz CT molecular complexity index is 1020. The number of aliphatic hydroxyl groups excluding tert-OH is 1. The molecule has 1 heterocycles. The van der Waals surface area contributed by atoms with Gasteiger partial charge in [-0.1, -0.05) is 12.1 Å². The van der Waals surface area contributed by atoms with Crippen molar-refractivity contribution in [2.75, 3.05) is 20.8 Å². The predicted octanol–water partition coefficient (Wildman–Crippen LogP) is 5.10. The zero-order chi connectivity index (χ0) is 21.3. The first-order chi connectivity index (χ1) is 14.5. The van der Waals surface area contributed by atoms with Gasteiger partial charge in [-0.3, -0.25) is 0 Å². The molecule has 4 nitrogen and oxygen atoms in total. The van der Waals surface area contributed by atoms with Crippen LogP contribution in [0, 0.1) is 18.7 Å². The van der Waals surface area contributed by atoms with E-state index in [9.17, 15) is 9.50 Å². The van der Waals surface area contributed by atoms with Gasteiger partial charge in [-0.25, -0.2) is 4.39 Å². The molecule has 1 aliphatic heterocycles. The van der Waals surface area contributed by atoms with Crippen molar-refractivity contribution in [3.05, 3.63) is 77.1 Å². The molecule has 1 N–H and O–H groups in total. The summed E-state index contributed by atoms with van der Waals surface area (Å²) in [6.45, 7) is 2.36. The first-order valence-corrected chi connectivity index (χ1v) is 9.91. The summed E-state index contributed by atoms with van der Waals surface area (Å²) in [4.78, 5) is 0. The summed E-state index contributed by atoms with van der Waals surface area (Å²) in [6, 6.07) is 16.0. The van der Waals surface area contributed by atoms with E-state index in [0.29, 0.717) is 30.3 Å². The maximum absolute atomic E-state index is 13.4. The normalized spacial score (nSPS) is 17.8. The number of halogens is 1. The quantitative estimate of drug-likeness (QED) is 0.638. The molecule has 30 heavy (non-hydrogen) atoms. The molecule has 0 amide bonds. The second-order valence-electron chi connectivity index (χ2n) is 7.68. The van der Waals surface area contributed by atoms with Crippen LogP contribution in [-0.2, 0) is 6.42 Å². The van der Waals surface area contributed by atoms with Crippen LogP contribution < -0.4 is 14.2 Å². The standard InChI is InChI=1S/C25H25FO4/c1-15-8-22(17-4-6-19(26)7-5-17)25-23(9-15)24(27)18(14-30-25)10-16-11-20(28-2)13-21(12-16)29-3/h4-9,11-13,18,24,27H,10,14H2,1-3H3/t18-,24-/m0/s1. The van der Waals surface area contributed by atoms with E-state index in [1.165, 1.54) is 12.1 Å². The highest BCUT2D eigenvalue weighted by Gasteiger charge is 2.32. The number of hydrogen-bond donors (Lipinski definition) is 1. The first kappa shape index (κ1) is 20.2. The Morgan fingerprint density at radius 3 is 2.30 bits per heavy atom. The SMILES string of the molecule is COc1cc(C[C@H]2COc3c(-c4ccc(F)cc4)cc(C)cc3[C@H]2O)cc(OC)c1. The average Bonchev–Trinajstić information content (AvgIpc) is 2.76. The highest BCUT2D eigenvalue weighted by molar-refractivity contribution is 5.73. The number of aryl methyl sites for hydroxylation is 1. The molecule has 4 rings (SSSR count). The Morgan fingerprint density at radius 1 is 1.00 bits per heavy atom. The molecule has 3 aromatic carbocycles. The van der Waals surface area contributed by atoms with E-state index < -0.39 is 6.10 Å². The molecule has 0 spiro atoms. The van der Waals surface area contributed by atoms with E-state index in [2.05, 4.69) is 0 Å². The second kappa shape index (κ2) is 8.36. The first-order valence-electron chi connectivity index (χ1n) is 9.91. The van der Waals surface area contributed by atoms with Crippen LogP contribution in [0.15, 0.2) is 54.6 Å². The van der Waals surface area contributed by atoms with Crippen LogP contribution in [0.2, 0.25) is 0 Å². The summed E-state index contributed by atoms with van der Waals surface area (Å²) in [5.74, 6) is 1.70. The third-order valence-electron chi connectivity index (χ3n) is 5.53. The molecule has 0 bridgehead atoms. The van der Waals surface area contributed by atoms with Gasteiger partial charge in [-0.05, 0) is 66.4 Å². The lowest BCUT2D eigenvalue weighted by Crippen LogP contribution is -2.28. The van der Waals surface area contributed by atoms with Gasteiger partial charge in [0.15, 0.2) is 0 Å². The van der Waals surface area contributed by atoms with Crippen LogP contribution in [-0.4, -0.2) is 25.9 Å². The number of benzene rings is 3. The molecule has 5 heteroatoms. The van der Waals surface area contributed by atoms with Crippen molar-refractivity contribution in [3.63, 3.8) is 0 Å². The zero-order valence-corrected chi connectivity index (χ0v) is 17.3. The molecule has 3 aromatic rings. The predicted molar refractivity (Wildman–Crippen MR) is 114 cm³/mol. The maximum Gasteiger partial charge on any atom is 0.132 e. The second-order valence-corrected chi connectivity index (χ2v) is 7.68. The van der Waals surface area contributed by atoms with E-state index >= 15 is 0 Å². The molecule has 0 radical (unpaired) electrons. The molecular weight excluding hydrogens is 383 g/mol. The van der Waals surface area contributed by atoms with Gasteiger partial charge >= 0.3 is 0 Å². The minimum atomic E-state index is -0.676. The number of ether oxygens (including phenoxy) is 3. The van der Waals surface area contributed by atoms with E-state index in [4.69, 9.17) is 14.2 Å². The minimum absolute atomic E-state index is 0.114. The minimum Gasteiger partial charge on any atom is -0.497 e. The number of hydrogen-bond acceptors (Lipinski definition) is 4. The third-order valence-corrected chi connectivity index (χ3v) is 5.53. The van der Waals surface area contributed by atoms with E-state index in [-0.39, 0.29) is 11.7 Å². The van der Waals surface area contributed by atoms with Gasteiger partial charge in [0.1, 0.15) is 23.1 Å². The Labute approximate surface area is 175 Å². The van der Waals surface area contributed by atoms with Crippen LogP contribution in [0.25, 0.3) is 11.1 Å². The highest BCUT2D eigenvalue weighted by Crippen LogP contribution is 2.44. The van der Waals surface area contributed by atoms with Crippen molar-refractivity contribution in [2.45, 2.75) is 19.4 Å². The Kier molecular flexibility index (Phi) is 5.64. The lowest BCUT2D eigenvalue weighted by atomic mass is 9.85. The van der Waals surface area contributed by atoms with Gasteiger partial charge in [-0.15, -0.1) is 0 Å². The molecule has 1 aliphatic rings. The Hall–Kier alpha value is -3.05. The van der Waals surface area contributed by atoms with E-state index in [0.717, 1.165) is 27.8 Å². The molecule has 0 unspecified atom stereocenters. The van der Waals surface area contributed by atoms with Crippen LogP contribution in [0.3, 0.4) is 0 Å². The topological polar surface area (TPSA) is 47.9 Å². The summed E-state index contributed by atoms with van der Waals surface area (Å²) in [5, 5.41) is 11.2. The lowest BCUT2D eigenvalue weighted by molar-refractivity contribution is 0.0510. The monoisotopic (exact) mass is 408 g/mol. The molecule has 156 valence electrons. The van der Waals surface area contributed by atoms with Crippen molar-refractivity contribution in [1.29, 1.82) is 0 Å². The van der Waals surface area contributed by atoms with Crippen LogP contribution in [0.5, 0.6) is 17.2 Å². The summed E-state index contributed by atoms with van der Waals surface area (Å²) in [5.41, 5.74) is 4.51. The zero-order valence-electron chi connectivity index (χ0n) is 17.3. The number of rotatable bonds is 5. The number of methoxy groups -OCH3 is 2. The summed E-state index contributed by atoms with van der Waals surface area (Å²) >= 11 is 0. The highest BCUT2D eigenvalue weighted by atomic mass is 19.1. The summed E-state index contributed by atoms with van der Waals surface area (Å²) < 4.78 is 30.2. The molecule has 0 saturated carbocycles. The van der Waals surface area contributed by atoms with Gasteiger partial charge < -0.3 is 19.3 Å². The lowest BCUT2D eigenvalue weighted by Gasteiger charge is -2.32. The fourth-order valence-corrected chi connectivity index (χ4v) is 4.02. The van der Waals surface area contributed by atoms with Crippen molar-refractivity contribution in [2.24, 2.45) is 5.92 Å². The van der Waals surface area contributed by atoms with Crippen LogP contribution in [0.4, 0.5) is 4.39 Å². The fraction of sp³-hybridized carbons (Fsp3) is 0.280. The Morgan fingerprint density at radius 2 is 1.67 bits per heavy atom. The van der Waals surface area contributed by atoms with Gasteiger partial charge in [0.25, 0.3) is 0 Å². The molecule has 0 saturated heterocycles. The number of aliphatic hydroxyl groups is 1. The van der Waals surface area contributed by atoms with E-state index in [1.807, 2.05) is 37.3 Å². The third kappa shape index (κ3) is 3.98. The van der Waals surface area contributed by atoms with Crippen molar-refractivity contribution >= 4 is 0 Å². The van der Waals surface area contributed by atoms with Gasteiger partial charge in [0, 0.05) is 23.1 Å². The number of fused-ring (bicyclic) bond motifs is 1. The van der Waals surface area contributed by atoms with Crippen molar-refractivity contribution in [1.82, 2.24) is 0 Å².